The fraction of sp³-hybridized carbons (Fsp3) is 0.800. The minimum atomic E-state index is -0.806. The number of rotatable bonds is 0. The van der Waals surface area contributed by atoms with E-state index in [9.17, 15) is 4.39 Å². The molecule has 1 fully saturated rings. The first-order valence-electron chi connectivity index (χ1n) is 2.60. The topological polar surface area (TPSA) is 35.8 Å². The van der Waals surface area contributed by atoms with Crippen LogP contribution in [0.25, 0.3) is 0 Å². The standard InChI is InChI=1S/C5H7FN2/c6-4-1-5(2-7)8-3-4/h4-5,8H,1,3H2/t4-,5?/m0/s1. The highest BCUT2D eigenvalue weighted by molar-refractivity contribution is 4.96. The van der Waals surface area contributed by atoms with E-state index in [0.717, 1.165) is 0 Å². The van der Waals surface area contributed by atoms with E-state index in [1.54, 1.807) is 0 Å². The predicted molar refractivity (Wildman–Crippen MR) is 26.9 cm³/mol. The molecule has 1 rings (SSSR count). The van der Waals surface area contributed by atoms with Crippen LogP contribution in [0, 0.1) is 11.3 Å². The number of hydrogen-bond donors (Lipinski definition) is 1. The summed E-state index contributed by atoms with van der Waals surface area (Å²) in [5.74, 6) is 0. The van der Waals surface area contributed by atoms with Crippen molar-refractivity contribution >= 4 is 0 Å². The van der Waals surface area contributed by atoms with E-state index < -0.39 is 6.17 Å². The van der Waals surface area contributed by atoms with Gasteiger partial charge in [-0.2, -0.15) is 5.26 Å². The van der Waals surface area contributed by atoms with Crippen LogP contribution >= 0.6 is 0 Å². The molecule has 1 heterocycles. The summed E-state index contributed by atoms with van der Waals surface area (Å²) in [5, 5.41) is 10.9. The molecule has 0 aliphatic carbocycles. The summed E-state index contributed by atoms with van der Waals surface area (Å²) in [5.41, 5.74) is 0. The average molecular weight is 114 g/mol. The Morgan fingerprint density at radius 2 is 2.50 bits per heavy atom. The highest BCUT2D eigenvalue weighted by atomic mass is 19.1. The van der Waals surface area contributed by atoms with Crippen LogP contribution in [0.2, 0.25) is 0 Å². The van der Waals surface area contributed by atoms with Gasteiger partial charge in [0.25, 0.3) is 0 Å². The van der Waals surface area contributed by atoms with Crippen LogP contribution in [0.3, 0.4) is 0 Å². The molecular weight excluding hydrogens is 107 g/mol. The molecule has 0 saturated carbocycles. The molecule has 1 aliphatic rings. The van der Waals surface area contributed by atoms with Gasteiger partial charge in [-0.05, 0) is 0 Å². The Kier molecular flexibility index (Phi) is 1.45. The second-order valence-corrected chi connectivity index (χ2v) is 1.92. The highest BCUT2D eigenvalue weighted by Crippen LogP contribution is 2.07. The van der Waals surface area contributed by atoms with Gasteiger partial charge in [-0.25, -0.2) is 4.39 Å². The van der Waals surface area contributed by atoms with Crippen molar-refractivity contribution in [3.63, 3.8) is 0 Å². The zero-order valence-corrected chi connectivity index (χ0v) is 4.39. The first-order valence-corrected chi connectivity index (χ1v) is 2.60. The van der Waals surface area contributed by atoms with E-state index in [1.165, 1.54) is 0 Å². The molecular formula is C5H7FN2. The summed E-state index contributed by atoms with van der Waals surface area (Å²) in [6.07, 6.45) is -0.448. The maximum atomic E-state index is 12.1. The average Bonchev–Trinajstić information content (AvgIpc) is 2.14. The van der Waals surface area contributed by atoms with Crippen molar-refractivity contribution in [1.29, 1.82) is 5.26 Å². The van der Waals surface area contributed by atoms with Gasteiger partial charge in [-0.15, -0.1) is 0 Å². The zero-order chi connectivity index (χ0) is 5.98. The Morgan fingerprint density at radius 3 is 2.75 bits per heavy atom. The van der Waals surface area contributed by atoms with Gasteiger partial charge in [0.2, 0.25) is 0 Å². The van der Waals surface area contributed by atoms with Crippen LogP contribution in [0.5, 0.6) is 0 Å². The van der Waals surface area contributed by atoms with E-state index in [4.69, 9.17) is 5.26 Å². The maximum Gasteiger partial charge on any atom is 0.115 e. The Labute approximate surface area is 47.3 Å². The molecule has 0 aromatic heterocycles. The smallest absolute Gasteiger partial charge is 0.115 e. The van der Waals surface area contributed by atoms with Crippen LogP contribution in [-0.4, -0.2) is 18.8 Å². The molecule has 1 aliphatic heterocycles. The third-order valence-electron chi connectivity index (χ3n) is 1.23. The first-order chi connectivity index (χ1) is 3.83. The number of halogens is 1. The van der Waals surface area contributed by atoms with Gasteiger partial charge in [0.15, 0.2) is 0 Å². The van der Waals surface area contributed by atoms with Crippen LogP contribution in [0.4, 0.5) is 4.39 Å². The number of nitrogens with one attached hydrogen (secondary N) is 1. The molecule has 3 heteroatoms. The number of nitriles is 1. The molecule has 2 atom stereocenters. The minimum absolute atomic E-state index is 0.245. The molecule has 44 valence electrons. The van der Waals surface area contributed by atoms with Crippen LogP contribution in [0.15, 0.2) is 0 Å². The second-order valence-electron chi connectivity index (χ2n) is 1.92. The van der Waals surface area contributed by atoms with Crippen LogP contribution in [-0.2, 0) is 0 Å². The van der Waals surface area contributed by atoms with Crippen LogP contribution < -0.4 is 5.32 Å². The van der Waals surface area contributed by atoms with Gasteiger partial charge in [0, 0.05) is 13.0 Å². The van der Waals surface area contributed by atoms with Crippen LogP contribution in [0.1, 0.15) is 6.42 Å². The molecule has 0 aromatic rings. The van der Waals surface area contributed by atoms with Gasteiger partial charge in [-0.3, -0.25) is 5.32 Å². The molecule has 0 bridgehead atoms. The fourth-order valence-corrected chi connectivity index (χ4v) is 0.791. The Morgan fingerprint density at radius 1 is 1.75 bits per heavy atom. The molecule has 0 spiro atoms. The summed E-state index contributed by atoms with van der Waals surface area (Å²) >= 11 is 0. The minimum Gasteiger partial charge on any atom is -0.299 e. The van der Waals surface area contributed by atoms with Gasteiger partial charge >= 0.3 is 0 Å². The summed E-state index contributed by atoms with van der Waals surface area (Å²) in [7, 11) is 0. The van der Waals surface area contributed by atoms with Gasteiger partial charge in [0.05, 0.1) is 12.1 Å². The van der Waals surface area contributed by atoms with Crippen molar-refractivity contribution in [3.05, 3.63) is 0 Å². The van der Waals surface area contributed by atoms with Gasteiger partial charge < -0.3 is 0 Å². The lowest BCUT2D eigenvalue weighted by atomic mass is 10.2. The van der Waals surface area contributed by atoms with Crippen molar-refractivity contribution in [2.45, 2.75) is 18.6 Å². The van der Waals surface area contributed by atoms with Crippen molar-refractivity contribution in [3.8, 4) is 6.07 Å². The van der Waals surface area contributed by atoms with Gasteiger partial charge in [-0.1, -0.05) is 0 Å². The van der Waals surface area contributed by atoms with E-state index in [2.05, 4.69) is 5.32 Å². The third kappa shape index (κ3) is 0.958. The largest absolute Gasteiger partial charge is 0.299 e. The molecule has 0 aromatic carbocycles. The monoisotopic (exact) mass is 114 g/mol. The summed E-state index contributed by atoms with van der Waals surface area (Å²) < 4.78 is 12.1. The normalized spacial score (nSPS) is 37.0. The fourth-order valence-electron chi connectivity index (χ4n) is 0.791. The lowest BCUT2D eigenvalue weighted by Crippen LogP contribution is -2.18. The molecule has 8 heavy (non-hydrogen) atoms. The lowest BCUT2D eigenvalue weighted by Gasteiger charge is -1.91. The molecule has 0 radical (unpaired) electrons. The number of hydrogen-bond acceptors (Lipinski definition) is 2. The first kappa shape index (κ1) is 5.52. The Bertz CT molecular complexity index is 118. The number of alkyl halides is 1. The van der Waals surface area contributed by atoms with E-state index in [0.29, 0.717) is 13.0 Å². The second kappa shape index (κ2) is 2.10. The third-order valence-corrected chi connectivity index (χ3v) is 1.23. The lowest BCUT2D eigenvalue weighted by molar-refractivity contribution is 0.359. The van der Waals surface area contributed by atoms with Crippen molar-refractivity contribution in [2.24, 2.45) is 0 Å². The van der Waals surface area contributed by atoms with Gasteiger partial charge in [0.1, 0.15) is 6.17 Å². The molecule has 1 saturated heterocycles. The SMILES string of the molecule is N#CC1C[C@H](F)CN1. The van der Waals surface area contributed by atoms with Crippen molar-refractivity contribution < 1.29 is 4.39 Å². The molecule has 1 N–H and O–H groups in total. The van der Waals surface area contributed by atoms with E-state index >= 15 is 0 Å². The Balaban J connectivity index is 2.35. The summed E-state index contributed by atoms with van der Waals surface area (Å²) in [6.45, 7) is 0.345. The summed E-state index contributed by atoms with van der Waals surface area (Å²) in [4.78, 5) is 0. The predicted octanol–water partition coefficient (Wildman–Crippen LogP) is 0.210. The van der Waals surface area contributed by atoms with Crippen molar-refractivity contribution in [1.82, 2.24) is 5.32 Å². The number of nitrogens with zero attached hydrogens (tertiary/aromatic N) is 1. The van der Waals surface area contributed by atoms with E-state index in [1.807, 2.05) is 6.07 Å². The molecule has 2 nitrogen and oxygen atoms in total. The highest BCUT2D eigenvalue weighted by Gasteiger charge is 2.22. The van der Waals surface area contributed by atoms with E-state index in [-0.39, 0.29) is 6.04 Å². The van der Waals surface area contributed by atoms with Crippen molar-refractivity contribution in [2.75, 3.05) is 6.54 Å². The molecule has 0 amide bonds. The summed E-state index contributed by atoms with van der Waals surface area (Å²) in [6, 6.07) is 1.70. The maximum absolute atomic E-state index is 12.1. The quantitative estimate of drug-likeness (QED) is 0.488. The Hall–Kier alpha value is -0.620. The molecule has 1 unspecified atom stereocenters. The zero-order valence-electron chi connectivity index (χ0n) is 4.39.